The number of ether oxygens (including phenoxy) is 3. The fourth-order valence-electron chi connectivity index (χ4n) is 5.42. The summed E-state index contributed by atoms with van der Waals surface area (Å²) in [4.78, 5) is 43.1. The lowest BCUT2D eigenvalue weighted by Gasteiger charge is -2.23. The number of nitrogens with zero attached hydrogens (tertiary/aromatic N) is 1. The Balaban J connectivity index is 1.27. The average molecular weight is 569 g/mol. The van der Waals surface area contributed by atoms with Crippen molar-refractivity contribution in [3.63, 3.8) is 0 Å². The van der Waals surface area contributed by atoms with Gasteiger partial charge in [-0.15, -0.1) is 5.06 Å². The van der Waals surface area contributed by atoms with E-state index in [1.54, 1.807) is 51.1 Å². The predicted molar refractivity (Wildman–Crippen MR) is 154 cm³/mol. The number of carbonyl (C=O) groups excluding carboxylic acids is 3. The van der Waals surface area contributed by atoms with Gasteiger partial charge in [0.25, 0.3) is 5.91 Å². The average Bonchev–Trinajstić information content (AvgIpc) is 3.67. The summed E-state index contributed by atoms with van der Waals surface area (Å²) in [5.41, 5.74) is 5.00. The third kappa shape index (κ3) is 5.87. The maximum Gasteiger partial charge on any atom is 0.534 e. The number of rotatable bonds is 6. The van der Waals surface area contributed by atoms with Crippen LogP contribution in [0.2, 0.25) is 0 Å². The highest BCUT2D eigenvalue weighted by Gasteiger charge is 2.52. The van der Waals surface area contributed by atoms with Gasteiger partial charge in [0.2, 0.25) is 0 Å². The maximum absolute atomic E-state index is 13.0. The van der Waals surface area contributed by atoms with Crippen LogP contribution in [0, 0.1) is 0 Å². The van der Waals surface area contributed by atoms with E-state index in [4.69, 9.17) is 19.0 Å². The molecule has 2 saturated heterocycles. The van der Waals surface area contributed by atoms with E-state index in [0.29, 0.717) is 17.7 Å². The lowest BCUT2D eigenvalue weighted by Crippen LogP contribution is -2.40. The highest BCUT2D eigenvalue weighted by atomic mass is 16.9. The van der Waals surface area contributed by atoms with Gasteiger partial charge in [-0.1, -0.05) is 66.7 Å². The summed E-state index contributed by atoms with van der Waals surface area (Å²) in [6.07, 6.45) is 1.41. The molecule has 216 valence electrons. The van der Waals surface area contributed by atoms with Crippen LogP contribution in [0.15, 0.2) is 84.9 Å². The number of amides is 2. The van der Waals surface area contributed by atoms with E-state index in [1.807, 2.05) is 30.3 Å². The molecule has 9 nitrogen and oxygen atoms in total. The van der Waals surface area contributed by atoms with E-state index in [-0.39, 0.29) is 24.3 Å². The van der Waals surface area contributed by atoms with Crippen LogP contribution < -0.4 is 5.32 Å². The molecule has 42 heavy (non-hydrogen) atoms. The molecule has 3 aromatic carbocycles. The molecular weight excluding hydrogens is 536 g/mol. The molecule has 2 amide bonds. The van der Waals surface area contributed by atoms with Crippen molar-refractivity contribution in [3.05, 3.63) is 102 Å². The Hall–Kier alpha value is -4.63. The van der Waals surface area contributed by atoms with Gasteiger partial charge >= 0.3 is 12.2 Å². The molecule has 2 aliphatic heterocycles. The Bertz CT molecular complexity index is 1510. The number of epoxide rings is 1. The minimum Gasteiger partial charge on any atom is -0.444 e. The first-order chi connectivity index (χ1) is 20.2. The highest BCUT2D eigenvalue weighted by Crippen LogP contribution is 2.45. The lowest BCUT2D eigenvalue weighted by atomic mass is 9.95. The molecular formula is C33H32N2O7. The molecule has 0 saturated carbocycles. The number of benzene rings is 3. The molecule has 0 spiro atoms. The van der Waals surface area contributed by atoms with Crippen LogP contribution in [0.5, 0.6) is 0 Å². The second-order valence-electron chi connectivity index (χ2n) is 11.5. The van der Waals surface area contributed by atoms with Gasteiger partial charge in [0.05, 0.1) is 0 Å². The van der Waals surface area contributed by atoms with Gasteiger partial charge < -0.3 is 19.0 Å². The second kappa shape index (κ2) is 11.0. The van der Waals surface area contributed by atoms with Gasteiger partial charge in [0, 0.05) is 18.0 Å². The van der Waals surface area contributed by atoms with E-state index in [2.05, 4.69) is 29.6 Å². The van der Waals surface area contributed by atoms with Crippen molar-refractivity contribution >= 4 is 23.8 Å². The molecule has 0 aromatic heterocycles. The number of piperidine rings is 1. The van der Waals surface area contributed by atoms with E-state index in [0.717, 1.165) is 27.3 Å². The molecule has 3 atom stereocenters. The van der Waals surface area contributed by atoms with Crippen LogP contribution in [0.3, 0.4) is 0 Å². The zero-order valence-electron chi connectivity index (χ0n) is 23.6. The summed E-state index contributed by atoms with van der Waals surface area (Å²) in [5, 5.41) is 3.69. The summed E-state index contributed by atoms with van der Waals surface area (Å²) < 4.78 is 16.6. The lowest BCUT2D eigenvalue weighted by molar-refractivity contribution is -0.186. The fourth-order valence-corrected chi connectivity index (χ4v) is 5.42. The number of carbonyl (C=O) groups is 3. The first-order valence-corrected chi connectivity index (χ1v) is 14.0. The van der Waals surface area contributed by atoms with Crippen molar-refractivity contribution in [2.24, 2.45) is 0 Å². The highest BCUT2D eigenvalue weighted by molar-refractivity contribution is 5.85. The molecule has 9 heteroatoms. The second-order valence-corrected chi connectivity index (χ2v) is 11.5. The minimum atomic E-state index is -1.04. The van der Waals surface area contributed by atoms with E-state index in [1.165, 1.54) is 0 Å². The standard InChI is InChI=1S/C33H32N2O7/c1-33(2,3)41-31(37)34-21-10-8-9-20(19-21)27(40-32(38)42-35-29(36)18-17-28-30(35)39-28)16-15-26-24-13-6-4-11-22(24)23-12-5-7-14-25(23)26/h4-16,19,26-28,30H,17-18H2,1-3H3,(H,34,37)/b16-15+. The van der Waals surface area contributed by atoms with Gasteiger partial charge in [0.15, 0.2) is 6.23 Å². The molecule has 2 heterocycles. The Morgan fingerprint density at radius 2 is 1.69 bits per heavy atom. The van der Waals surface area contributed by atoms with Crippen molar-refractivity contribution < 1.29 is 33.4 Å². The van der Waals surface area contributed by atoms with Crippen molar-refractivity contribution in [1.29, 1.82) is 0 Å². The molecule has 0 radical (unpaired) electrons. The first kappa shape index (κ1) is 27.5. The minimum absolute atomic E-state index is 0.0631. The normalized spacial score (nSPS) is 19.9. The van der Waals surface area contributed by atoms with E-state index >= 15 is 0 Å². The number of anilines is 1. The first-order valence-electron chi connectivity index (χ1n) is 14.0. The number of hydrogen-bond donors (Lipinski definition) is 1. The van der Waals surface area contributed by atoms with E-state index in [9.17, 15) is 14.4 Å². The third-order valence-electron chi connectivity index (χ3n) is 7.29. The van der Waals surface area contributed by atoms with Gasteiger partial charge in [-0.3, -0.25) is 10.1 Å². The zero-order chi connectivity index (χ0) is 29.4. The van der Waals surface area contributed by atoms with Crippen molar-refractivity contribution in [1.82, 2.24) is 5.06 Å². The third-order valence-corrected chi connectivity index (χ3v) is 7.29. The Labute approximate surface area is 244 Å². The quantitative estimate of drug-likeness (QED) is 0.197. The summed E-state index contributed by atoms with van der Waals surface area (Å²) in [5.74, 6) is -0.396. The van der Waals surface area contributed by atoms with Gasteiger partial charge in [0.1, 0.15) is 17.8 Å². The number of hydroxylamine groups is 2. The van der Waals surface area contributed by atoms with Crippen LogP contribution in [0.1, 0.15) is 62.3 Å². The van der Waals surface area contributed by atoms with Crippen molar-refractivity contribution in [2.75, 3.05) is 5.32 Å². The van der Waals surface area contributed by atoms with Crippen LogP contribution in [-0.4, -0.2) is 41.2 Å². The van der Waals surface area contributed by atoms with Crippen LogP contribution >= 0.6 is 0 Å². The number of fused-ring (bicyclic) bond motifs is 4. The molecule has 3 aromatic rings. The van der Waals surface area contributed by atoms with Gasteiger partial charge in [-0.05, 0) is 73.2 Å². The Kier molecular flexibility index (Phi) is 7.20. The summed E-state index contributed by atoms with van der Waals surface area (Å²) >= 11 is 0. The molecule has 1 N–H and O–H groups in total. The number of allylic oxidation sites excluding steroid dienone is 1. The van der Waals surface area contributed by atoms with Gasteiger partial charge in [-0.2, -0.15) is 0 Å². The molecule has 2 fully saturated rings. The largest absolute Gasteiger partial charge is 0.534 e. The molecule has 1 aliphatic carbocycles. The summed E-state index contributed by atoms with van der Waals surface area (Å²) in [6, 6.07) is 23.4. The fraction of sp³-hybridized carbons (Fsp3) is 0.303. The van der Waals surface area contributed by atoms with E-state index < -0.39 is 30.2 Å². The predicted octanol–water partition coefficient (Wildman–Crippen LogP) is 6.86. The smallest absolute Gasteiger partial charge is 0.444 e. The molecule has 0 bridgehead atoms. The topological polar surface area (TPSA) is 107 Å². The number of nitrogens with one attached hydrogen (secondary N) is 1. The van der Waals surface area contributed by atoms with Crippen LogP contribution in [0.25, 0.3) is 11.1 Å². The Morgan fingerprint density at radius 3 is 2.38 bits per heavy atom. The zero-order valence-corrected chi connectivity index (χ0v) is 23.6. The van der Waals surface area contributed by atoms with Crippen molar-refractivity contribution in [3.8, 4) is 11.1 Å². The summed E-state index contributed by atoms with van der Waals surface area (Å²) in [6.45, 7) is 5.35. The SMILES string of the molecule is CC(C)(C)OC(=O)Nc1cccc(C(/C=C/C2c3ccccc3-c3ccccc32)OC(=O)ON2C(=O)CCC3OC32)c1. The number of hydrogen-bond acceptors (Lipinski definition) is 7. The van der Waals surface area contributed by atoms with Crippen LogP contribution in [0.4, 0.5) is 15.3 Å². The van der Waals surface area contributed by atoms with Gasteiger partial charge in [-0.25, -0.2) is 9.59 Å². The maximum atomic E-state index is 13.0. The molecule has 3 unspecified atom stereocenters. The molecule has 3 aliphatic rings. The Morgan fingerprint density at radius 1 is 1.00 bits per heavy atom. The molecule has 6 rings (SSSR count). The summed E-state index contributed by atoms with van der Waals surface area (Å²) in [7, 11) is 0. The monoisotopic (exact) mass is 568 g/mol. The van der Waals surface area contributed by atoms with Crippen LogP contribution in [-0.2, 0) is 23.8 Å². The van der Waals surface area contributed by atoms with Crippen molar-refractivity contribution in [2.45, 2.75) is 63.6 Å².